The molecule has 0 radical (unpaired) electrons. The van der Waals surface area contributed by atoms with Gasteiger partial charge >= 0.3 is 0 Å². The van der Waals surface area contributed by atoms with Crippen LogP contribution in [-0.2, 0) is 16.4 Å². The van der Waals surface area contributed by atoms with Crippen LogP contribution < -0.4 is 10.1 Å². The van der Waals surface area contributed by atoms with Gasteiger partial charge in [0, 0.05) is 25.1 Å². The topological polar surface area (TPSA) is 101 Å². The third kappa shape index (κ3) is 5.58. The summed E-state index contributed by atoms with van der Waals surface area (Å²) in [4.78, 5) is 12.9. The number of rotatable bonds is 7. The molecule has 10 heteroatoms. The van der Waals surface area contributed by atoms with Crippen molar-refractivity contribution in [1.82, 2.24) is 14.5 Å². The normalized spacial score (nSPS) is 15.1. The number of ether oxygens (including phenoxy) is 1. The quantitative estimate of drug-likeness (QED) is 0.543. The largest absolute Gasteiger partial charge is 0.495 e. The smallest absolute Gasteiger partial charge is 0.257 e. The van der Waals surface area contributed by atoms with Crippen LogP contribution in [0.2, 0.25) is 0 Å². The van der Waals surface area contributed by atoms with Gasteiger partial charge < -0.3 is 4.74 Å². The zero-order chi connectivity index (χ0) is 23.3. The summed E-state index contributed by atoms with van der Waals surface area (Å²) in [6.07, 6.45) is 4.29. The monoisotopic (exact) mass is 486 g/mol. The van der Waals surface area contributed by atoms with Crippen LogP contribution in [0.4, 0.5) is 5.13 Å². The Balaban J connectivity index is 1.53. The number of nitrogens with one attached hydrogen (secondary N) is 1. The Morgan fingerprint density at radius 1 is 1.06 bits per heavy atom. The second kappa shape index (κ2) is 10.4. The highest BCUT2D eigenvalue weighted by atomic mass is 32.2. The summed E-state index contributed by atoms with van der Waals surface area (Å²) in [5.41, 5.74) is 1.31. The molecule has 0 atom stereocenters. The van der Waals surface area contributed by atoms with Crippen LogP contribution in [0.25, 0.3) is 0 Å². The molecule has 2 heterocycles. The van der Waals surface area contributed by atoms with Gasteiger partial charge in [-0.3, -0.25) is 10.1 Å². The van der Waals surface area contributed by atoms with Gasteiger partial charge in [0.15, 0.2) is 0 Å². The van der Waals surface area contributed by atoms with E-state index in [4.69, 9.17) is 4.74 Å². The molecule has 1 amide bonds. The van der Waals surface area contributed by atoms with Crippen molar-refractivity contribution in [3.05, 3.63) is 64.7 Å². The van der Waals surface area contributed by atoms with Crippen molar-refractivity contribution in [2.45, 2.75) is 37.0 Å². The van der Waals surface area contributed by atoms with Gasteiger partial charge in [0.05, 0.1) is 7.11 Å². The van der Waals surface area contributed by atoms with Crippen LogP contribution in [0.5, 0.6) is 5.75 Å². The number of amides is 1. The van der Waals surface area contributed by atoms with Crippen molar-refractivity contribution in [3.63, 3.8) is 0 Å². The fourth-order valence-electron chi connectivity index (χ4n) is 3.76. The molecule has 1 N–H and O–H groups in total. The van der Waals surface area contributed by atoms with E-state index in [-0.39, 0.29) is 16.2 Å². The van der Waals surface area contributed by atoms with E-state index in [1.165, 1.54) is 34.9 Å². The minimum Gasteiger partial charge on any atom is -0.495 e. The maximum atomic E-state index is 13.3. The Hall–Kier alpha value is -2.82. The Kier molecular flexibility index (Phi) is 7.36. The number of benzene rings is 2. The minimum absolute atomic E-state index is 0.00146. The van der Waals surface area contributed by atoms with Crippen LogP contribution in [0.1, 0.15) is 46.6 Å². The summed E-state index contributed by atoms with van der Waals surface area (Å²) in [5.74, 6) is -0.232. The number of hydrogen-bond acceptors (Lipinski definition) is 7. The van der Waals surface area contributed by atoms with Gasteiger partial charge in [0.25, 0.3) is 5.91 Å². The summed E-state index contributed by atoms with van der Waals surface area (Å²) in [6.45, 7) is 0.938. The summed E-state index contributed by atoms with van der Waals surface area (Å²) in [6, 6.07) is 14.3. The average Bonchev–Trinajstić information content (AvgIpc) is 3.07. The van der Waals surface area contributed by atoms with Gasteiger partial charge in [-0.1, -0.05) is 54.5 Å². The van der Waals surface area contributed by atoms with Crippen LogP contribution in [0.3, 0.4) is 0 Å². The van der Waals surface area contributed by atoms with Crippen molar-refractivity contribution in [1.29, 1.82) is 0 Å². The molecule has 3 aromatic rings. The standard InChI is InChI=1S/C23H26N4O4S2/c1-31-19-12-11-18(16-20(19)33(29,30)27-13-7-2-3-8-14-27)22(28)24-23-26-25-21(32-23)15-17-9-5-4-6-10-17/h4-6,9-12,16H,2-3,7-8,13-15H2,1H3,(H,24,26,28). The van der Waals surface area contributed by atoms with E-state index in [0.717, 1.165) is 36.3 Å². The lowest BCUT2D eigenvalue weighted by Gasteiger charge is -2.21. The molecule has 1 saturated heterocycles. The molecule has 4 rings (SSSR count). The number of carbonyl (C=O) groups is 1. The van der Waals surface area contributed by atoms with Gasteiger partial charge in [-0.25, -0.2) is 8.42 Å². The molecular formula is C23H26N4O4S2. The van der Waals surface area contributed by atoms with E-state index in [2.05, 4.69) is 15.5 Å². The average molecular weight is 487 g/mol. The molecule has 0 saturated carbocycles. The lowest BCUT2D eigenvalue weighted by molar-refractivity contribution is 0.102. The predicted molar refractivity (Wildman–Crippen MR) is 127 cm³/mol. The maximum Gasteiger partial charge on any atom is 0.257 e. The zero-order valence-electron chi connectivity index (χ0n) is 18.4. The van der Waals surface area contributed by atoms with E-state index in [9.17, 15) is 13.2 Å². The molecule has 0 unspecified atom stereocenters. The van der Waals surface area contributed by atoms with Crippen LogP contribution in [0.15, 0.2) is 53.4 Å². The van der Waals surface area contributed by atoms with E-state index in [0.29, 0.717) is 24.6 Å². The second-order valence-corrected chi connectivity index (χ2v) is 10.8. The van der Waals surface area contributed by atoms with Gasteiger partial charge in [0.2, 0.25) is 15.2 Å². The molecule has 8 nitrogen and oxygen atoms in total. The van der Waals surface area contributed by atoms with Crippen molar-refractivity contribution in [2.24, 2.45) is 0 Å². The van der Waals surface area contributed by atoms with Gasteiger partial charge in [0.1, 0.15) is 15.7 Å². The highest BCUT2D eigenvalue weighted by Gasteiger charge is 2.29. The van der Waals surface area contributed by atoms with Crippen molar-refractivity contribution in [3.8, 4) is 5.75 Å². The molecule has 2 aromatic carbocycles. The maximum absolute atomic E-state index is 13.3. The third-order valence-corrected chi connectivity index (χ3v) is 8.25. The first-order valence-corrected chi connectivity index (χ1v) is 13.1. The number of sulfonamides is 1. The highest BCUT2D eigenvalue weighted by Crippen LogP contribution is 2.30. The fourth-order valence-corrected chi connectivity index (χ4v) is 6.22. The molecule has 0 spiro atoms. The Morgan fingerprint density at radius 2 is 1.79 bits per heavy atom. The Morgan fingerprint density at radius 3 is 2.48 bits per heavy atom. The first-order chi connectivity index (χ1) is 16.0. The van der Waals surface area contributed by atoms with Crippen molar-refractivity contribution < 1.29 is 17.9 Å². The van der Waals surface area contributed by atoms with Gasteiger partial charge in [-0.2, -0.15) is 4.31 Å². The number of carbonyl (C=O) groups excluding carboxylic acids is 1. The SMILES string of the molecule is COc1ccc(C(=O)Nc2nnc(Cc3ccccc3)s2)cc1S(=O)(=O)N1CCCCCC1. The minimum atomic E-state index is -3.78. The molecule has 0 aliphatic carbocycles. The highest BCUT2D eigenvalue weighted by molar-refractivity contribution is 7.89. The molecular weight excluding hydrogens is 460 g/mol. The molecule has 1 aliphatic rings. The summed E-state index contributed by atoms with van der Waals surface area (Å²) >= 11 is 1.29. The molecule has 1 aromatic heterocycles. The lowest BCUT2D eigenvalue weighted by Crippen LogP contribution is -2.32. The molecule has 1 aliphatic heterocycles. The molecule has 1 fully saturated rings. The number of hydrogen-bond donors (Lipinski definition) is 1. The number of nitrogens with zero attached hydrogens (tertiary/aromatic N) is 3. The predicted octanol–water partition coefficient (Wildman–Crippen LogP) is 3.95. The number of anilines is 1. The van der Waals surface area contributed by atoms with Crippen molar-refractivity contribution >= 4 is 32.4 Å². The van der Waals surface area contributed by atoms with E-state index < -0.39 is 15.9 Å². The third-order valence-electron chi connectivity index (χ3n) is 5.49. The molecule has 174 valence electrons. The lowest BCUT2D eigenvalue weighted by atomic mass is 10.2. The summed E-state index contributed by atoms with van der Waals surface area (Å²) in [5, 5.41) is 12.1. The molecule has 0 bridgehead atoms. The van der Waals surface area contributed by atoms with E-state index in [1.807, 2.05) is 30.3 Å². The number of aromatic nitrogens is 2. The fraction of sp³-hybridized carbons (Fsp3) is 0.348. The van der Waals surface area contributed by atoms with E-state index >= 15 is 0 Å². The van der Waals surface area contributed by atoms with Gasteiger partial charge in [-0.15, -0.1) is 10.2 Å². The zero-order valence-corrected chi connectivity index (χ0v) is 20.0. The summed E-state index contributed by atoms with van der Waals surface area (Å²) in [7, 11) is -2.36. The summed E-state index contributed by atoms with van der Waals surface area (Å²) < 4.78 is 33.4. The second-order valence-electron chi connectivity index (χ2n) is 7.80. The van der Waals surface area contributed by atoms with Crippen LogP contribution in [-0.4, -0.2) is 49.0 Å². The number of methoxy groups -OCH3 is 1. The molecule has 33 heavy (non-hydrogen) atoms. The first kappa shape index (κ1) is 23.3. The van der Waals surface area contributed by atoms with Crippen LogP contribution in [0, 0.1) is 0 Å². The Bertz CT molecular complexity index is 1200. The van der Waals surface area contributed by atoms with E-state index in [1.54, 1.807) is 6.07 Å². The van der Waals surface area contributed by atoms with Gasteiger partial charge in [-0.05, 0) is 36.6 Å². The first-order valence-electron chi connectivity index (χ1n) is 10.8. The van der Waals surface area contributed by atoms with Crippen molar-refractivity contribution in [2.75, 3.05) is 25.5 Å². The van der Waals surface area contributed by atoms with Crippen LogP contribution >= 0.6 is 11.3 Å². The Labute approximate surface area is 197 Å².